The van der Waals surface area contributed by atoms with Gasteiger partial charge in [0.15, 0.2) is 0 Å². The van der Waals surface area contributed by atoms with Gasteiger partial charge in [0.1, 0.15) is 6.61 Å². The van der Waals surface area contributed by atoms with E-state index in [1.54, 1.807) is 28.0 Å². The second-order valence-corrected chi connectivity index (χ2v) is 6.68. The first-order valence-electron chi connectivity index (χ1n) is 9.34. The highest BCUT2D eigenvalue weighted by Crippen LogP contribution is 2.22. The van der Waals surface area contributed by atoms with Crippen LogP contribution >= 0.6 is 0 Å². The number of anilines is 3. The zero-order valence-corrected chi connectivity index (χ0v) is 15.7. The van der Waals surface area contributed by atoms with Gasteiger partial charge >= 0.3 is 18.2 Å². The molecule has 5 amide bonds. The van der Waals surface area contributed by atoms with E-state index < -0.39 is 0 Å². The Bertz CT molecular complexity index is 948. The zero-order chi connectivity index (χ0) is 20.2. The second kappa shape index (κ2) is 8.09. The summed E-state index contributed by atoms with van der Waals surface area (Å²) in [7, 11) is 0. The first-order chi connectivity index (χ1) is 14.1. The van der Waals surface area contributed by atoms with Gasteiger partial charge in [0.05, 0.1) is 6.54 Å². The van der Waals surface area contributed by atoms with E-state index in [1.165, 1.54) is 0 Å². The zero-order valence-electron chi connectivity index (χ0n) is 15.7. The molecule has 0 aromatic heterocycles. The summed E-state index contributed by atoms with van der Waals surface area (Å²) in [5.74, 6) is 0. The van der Waals surface area contributed by atoms with Crippen molar-refractivity contribution in [3.8, 4) is 0 Å². The van der Waals surface area contributed by atoms with Gasteiger partial charge in [-0.1, -0.05) is 18.2 Å². The van der Waals surface area contributed by atoms with E-state index in [9.17, 15) is 14.4 Å². The summed E-state index contributed by atoms with van der Waals surface area (Å²) in [6, 6.07) is 14.0. The predicted molar refractivity (Wildman–Crippen MR) is 108 cm³/mol. The van der Waals surface area contributed by atoms with Crippen LogP contribution in [0.4, 0.5) is 31.4 Å². The first kappa shape index (κ1) is 18.6. The lowest BCUT2D eigenvalue weighted by Gasteiger charge is -2.16. The van der Waals surface area contributed by atoms with E-state index in [-0.39, 0.29) is 18.2 Å². The summed E-state index contributed by atoms with van der Waals surface area (Å²) >= 11 is 0. The van der Waals surface area contributed by atoms with Crippen LogP contribution in [-0.2, 0) is 11.3 Å². The molecule has 3 N–H and O–H groups in total. The Kier molecular flexibility index (Phi) is 5.19. The summed E-state index contributed by atoms with van der Waals surface area (Å²) in [6.07, 6.45) is -0.362. The lowest BCUT2D eigenvalue weighted by Crippen LogP contribution is -2.29. The number of ether oxygens (including phenoxy) is 1. The van der Waals surface area contributed by atoms with E-state index >= 15 is 0 Å². The Morgan fingerprint density at radius 1 is 1.03 bits per heavy atom. The molecule has 0 bridgehead atoms. The number of hydrogen-bond donors (Lipinski definition) is 3. The Morgan fingerprint density at radius 3 is 2.55 bits per heavy atom. The largest absolute Gasteiger partial charge is 0.447 e. The van der Waals surface area contributed by atoms with E-state index in [2.05, 4.69) is 16.0 Å². The van der Waals surface area contributed by atoms with Crippen molar-refractivity contribution >= 4 is 35.2 Å². The van der Waals surface area contributed by atoms with Gasteiger partial charge in [-0.05, 0) is 35.9 Å². The Labute approximate surface area is 167 Å². The van der Waals surface area contributed by atoms with Crippen molar-refractivity contribution in [2.45, 2.75) is 6.54 Å². The average molecular weight is 395 g/mol. The molecule has 0 atom stereocenters. The van der Waals surface area contributed by atoms with Crippen molar-refractivity contribution in [2.75, 3.05) is 41.4 Å². The third-order valence-corrected chi connectivity index (χ3v) is 4.71. The minimum Gasteiger partial charge on any atom is -0.447 e. The lowest BCUT2D eigenvalue weighted by molar-refractivity contribution is 0.181. The molecule has 2 aromatic rings. The summed E-state index contributed by atoms with van der Waals surface area (Å²) in [5.41, 5.74) is 2.92. The fraction of sp³-hybridized carbons (Fsp3) is 0.250. The van der Waals surface area contributed by atoms with Gasteiger partial charge in [-0.15, -0.1) is 0 Å². The number of nitrogens with zero attached hydrogens (tertiary/aromatic N) is 2. The number of hydrogen-bond acceptors (Lipinski definition) is 4. The fourth-order valence-corrected chi connectivity index (χ4v) is 3.29. The standard InChI is InChI=1S/C20H21N5O4/c26-18(23-15-4-2-6-17(12-15)24-8-7-21-19(24)27)22-13-14-3-1-5-16(11-14)25-9-10-29-20(25)28/h1-6,11-12H,7-10,13H2,(H,21,27)(H2,22,23,26). The Hall–Kier alpha value is -3.75. The SMILES string of the molecule is O=C(NCc1cccc(N2CCOC2=O)c1)Nc1cccc(N2CCNC2=O)c1. The van der Waals surface area contributed by atoms with Crippen LogP contribution in [0.25, 0.3) is 0 Å². The Morgan fingerprint density at radius 2 is 1.83 bits per heavy atom. The number of amides is 5. The molecule has 150 valence electrons. The number of nitrogens with one attached hydrogen (secondary N) is 3. The van der Waals surface area contributed by atoms with Crippen molar-refractivity contribution in [1.82, 2.24) is 10.6 Å². The molecule has 0 spiro atoms. The third-order valence-electron chi connectivity index (χ3n) is 4.71. The second-order valence-electron chi connectivity index (χ2n) is 6.68. The molecular weight excluding hydrogens is 374 g/mol. The molecule has 0 unspecified atom stereocenters. The van der Waals surface area contributed by atoms with Crippen molar-refractivity contribution < 1.29 is 19.1 Å². The highest BCUT2D eigenvalue weighted by atomic mass is 16.6. The molecule has 2 aliphatic rings. The van der Waals surface area contributed by atoms with Gasteiger partial charge in [-0.2, -0.15) is 0 Å². The van der Waals surface area contributed by atoms with Gasteiger partial charge in [0.25, 0.3) is 0 Å². The summed E-state index contributed by atoms with van der Waals surface area (Å²) < 4.78 is 4.96. The van der Waals surface area contributed by atoms with E-state index in [1.807, 2.05) is 30.3 Å². The number of rotatable bonds is 5. The monoisotopic (exact) mass is 395 g/mol. The molecule has 0 aliphatic carbocycles. The van der Waals surface area contributed by atoms with Crippen LogP contribution in [0.1, 0.15) is 5.56 Å². The Balaban J connectivity index is 1.35. The minimum absolute atomic E-state index is 0.145. The molecule has 2 aliphatic heterocycles. The van der Waals surface area contributed by atoms with Crippen LogP contribution in [0.2, 0.25) is 0 Å². The summed E-state index contributed by atoms with van der Waals surface area (Å²) in [6.45, 7) is 2.39. The molecule has 2 heterocycles. The highest BCUT2D eigenvalue weighted by molar-refractivity contribution is 5.96. The van der Waals surface area contributed by atoms with E-state index in [0.29, 0.717) is 38.5 Å². The predicted octanol–water partition coefficient (Wildman–Crippen LogP) is 2.49. The van der Waals surface area contributed by atoms with Crippen molar-refractivity contribution in [3.05, 3.63) is 54.1 Å². The summed E-state index contributed by atoms with van der Waals surface area (Å²) in [5, 5.41) is 8.32. The van der Waals surface area contributed by atoms with Gasteiger partial charge < -0.3 is 20.7 Å². The molecule has 9 nitrogen and oxygen atoms in total. The number of urea groups is 2. The molecule has 2 saturated heterocycles. The maximum Gasteiger partial charge on any atom is 0.414 e. The molecule has 2 aromatic carbocycles. The van der Waals surface area contributed by atoms with Gasteiger partial charge in [0, 0.05) is 36.7 Å². The maximum atomic E-state index is 12.3. The lowest BCUT2D eigenvalue weighted by atomic mass is 10.2. The number of benzene rings is 2. The molecule has 29 heavy (non-hydrogen) atoms. The van der Waals surface area contributed by atoms with Crippen molar-refractivity contribution in [1.29, 1.82) is 0 Å². The third kappa shape index (κ3) is 4.23. The molecule has 0 radical (unpaired) electrons. The topological polar surface area (TPSA) is 103 Å². The first-order valence-corrected chi connectivity index (χ1v) is 9.34. The summed E-state index contributed by atoms with van der Waals surface area (Å²) in [4.78, 5) is 38.9. The van der Waals surface area contributed by atoms with E-state index in [4.69, 9.17) is 4.74 Å². The highest BCUT2D eigenvalue weighted by Gasteiger charge is 2.23. The average Bonchev–Trinajstić information content (AvgIpc) is 3.35. The fourth-order valence-electron chi connectivity index (χ4n) is 3.29. The normalized spacial score (nSPS) is 15.9. The van der Waals surface area contributed by atoms with Crippen LogP contribution in [0.5, 0.6) is 0 Å². The van der Waals surface area contributed by atoms with Gasteiger partial charge in [-0.3, -0.25) is 9.80 Å². The van der Waals surface area contributed by atoms with Crippen LogP contribution < -0.4 is 25.8 Å². The molecule has 2 fully saturated rings. The van der Waals surface area contributed by atoms with Crippen molar-refractivity contribution in [2.24, 2.45) is 0 Å². The molecule has 4 rings (SSSR count). The molecule has 9 heteroatoms. The van der Waals surface area contributed by atoms with Gasteiger partial charge in [0.2, 0.25) is 0 Å². The van der Waals surface area contributed by atoms with Crippen LogP contribution in [0, 0.1) is 0 Å². The van der Waals surface area contributed by atoms with Crippen molar-refractivity contribution in [3.63, 3.8) is 0 Å². The minimum atomic E-state index is -0.362. The van der Waals surface area contributed by atoms with Crippen LogP contribution in [-0.4, -0.2) is 44.4 Å². The molecule has 0 saturated carbocycles. The van der Waals surface area contributed by atoms with Crippen LogP contribution in [0.15, 0.2) is 48.5 Å². The van der Waals surface area contributed by atoms with E-state index in [0.717, 1.165) is 16.9 Å². The molecular formula is C20H21N5O4. The van der Waals surface area contributed by atoms with Gasteiger partial charge in [-0.25, -0.2) is 14.4 Å². The smallest absolute Gasteiger partial charge is 0.414 e. The van der Waals surface area contributed by atoms with Crippen LogP contribution in [0.3, 0.4) is 0 Å². The maximum absolute atomic E-state index is 12.3. The number of carbonyl (C=O) groups excluding carboxylic acids is 3. The number of carbonyl (C=O) groups is 3. The number of cyclic esters (lactones) is 1. The quantitative estimate of drug-likeness (QED) is 0.724.